The van der Waals surface area contributed by atoms with E-state index in [2.05, 4.69) is 6.58 Å². The van der Waals surface area contributed by atoms with Gasteiger partial charge in [0.05, 0.1) is 0 Å². The first-order valence-electron chi connectivity index (χ1n) is 3.61. The normalized spacial score (nSPS) is 11.7. The third-order valence-corrected chi connectivity index (χ3v) is 1.34. The summed E-state index contributed by atoms with van der Waals surface area (Å²) in [5, 5.41) is 0. The van der Waals surface area contributed by atoms with Crippen molar-refractivity contribution >= 4 is 18.4 Å². The number of halogens is 1. The summed E-state index contributed by atoms with van der Waals surface area (Å²) < 4.78 is 4.98. The van der Waals surface area contributed by atoms with Crippen LogP contribution in [0.3, 0.4) is 0 Å². The van der Waals surface area contributed by atoms with Gasteiger partial charge in [-0.1, -0.05) is 13.5 Å². The Bertz CT molecular complexity index is 148. The second-order valence-electron chi connectivity index (χ2n) is 2.47. The molecule has 0 spiro atoms. The standard InChI is InChI=1S/C8H15NO2.ClH/c1-5-7(9(3)4)11-8(10)6-2;/h6-7H,2,5H2,1,3-4H3;1H. The smallest absolute Gasteiger partial charge is 0.331 e. The molecule has 0 N–H and O–H groups in total. The zero-order valence-electron chi connectivity index (χ0n) is 7.74. The van der Waals surface area contributed by atoms with E-state index in [9.17, 15) is 4.79 Å². The van der Waals surface area contributed by atoms with Crippen molar-refractivity contribution in [2.24, 2.45) is 0 Å². The van der Waals surface area contributed by atoms with Crippen LogP contribution in [0.15, 0.2) is 12.7 Å². The molecule has 0 aromatic rings. The fourth-order valence-corrected chi connectivity index (χ4v) is 0.736. The van der Waals surface area contributed by atoms with Gasteiger partial charge in [-0.15, -0.1) is 12.4 Å². The number of carbonyl (C=O) groups excluding carboxylic acids is 1. The Morgan fingerprint density at radius 3 is 2.42 bits per heavy atom. The van der Waals surface area contributed by atoms with Crippen LogP contribution in [0, 0.1) is 0 Å². The molecule has 0 aliphatic carbocycles. The Balaban J connectivity index is 0. The van der Waals surface area contributed by atoms with Crippen LogP contribution in [0.1, 0.15) is 13.3 Å². The second-order valence-corrected chi connectivity index (χ2v) is 2.47. The maximum Gasteiger partial charge on any atom is 0.331 e. The molecule has 0 aromatic heterocycles. The number of ether oxygens (including phenoxy) is 1. The van der Waals surface area contributed by atoms with Crippen molar-refractivity contribution in [1.82, 2.24) is 4.90 Å². The molecule has 0 heterocycles. The highest BCUT2D eigenvalue weighted by Crippen LogP contribution is 2.00. The van der Waals surface area contributed by atoms with Gasteiger partial charge >= 0.3 is 5.97 Å². The van der Waals surface area contributed by atoms with Gasteiger partial charge in [-0.3, -0.25) is 4.90 Å². The van der Waals surface area contributed by atoms with E-state index in [1.165, 1.54) is 6.08 Å². The summed E-state index contributed by atoms with van der Waals surface area (Å²) in [5.41, 5.74) is 0. The highest BCUT2D eigenvalue weighted by molar-refractivity contribution is 5.85. The predicted octanol–water partition coefficient (Wildman–Crippen LogP) is 1.44. The average molecular weight is 194 g/mol. The lowest BCUT2D eigenvalue weighted by molar-refractivity contribution is -0.150. The van der Waals surface area contributed by atoms with Crippen LogP contribution >= 0.6 is 12.4 Å². The first kappa shape index (κ1) is 14.0. The third-order valence-electron chi connectivity index (χ3n) is 1.34. The topological polar surface area (TPSA) is 29.5 Å². The number of nitrogens with zero attached hydrogens (tertiary/aromatic N) is 1. The average Bonchev–Trinajstić information content (AvgIpc) is 1.99. The summed E-state index contributed by atoms with van der Waals surface area (Å²) in [6.07, 6.45) is 1.82. The maximum atomic E-state index is 10.7. The fourth-order valence-electron chi connectivity index (χ4n) is 0.736. The lowest BCUT2D eigenvalue weighted by Gasteiger charge is -2.21. The fraction of sp³-hybridized carbons (Fsp3) is 0.625. The molecular weight excluding hydrogens is 178 g/mol. The summed E-state index contributed by atoms with van der Waals surface area (Å²) in [6.45, 7) is 5.27. The first-order chi connectivity index (χ1) is 5.11. The van der Waals surface area contributed by atoms with Gasteiger partial charge in [0, 0.05) is 6.08 Å². The van der Waals surface area contributed by atoms with Crippen LogP contribution in [0.2, 0.25) is 0 Å². The molecule has 72 valence electrons. The molecule has 4 heteroatoms. The van der Waals surface area contributed by atoms with Gasteiger partial charge in [0.15, 0.2) is 6.23 Å². The van der Waals surface area contributed by atoms with E-state index in [1.54, 1.807) is 0 Å². The zero-order chi connectivity index (χ0) is 8.85. The van der Waals surface area contributed by atoms with Gasteiger partial charge < -0.3 is 4.74 Å². The van der Waals surface area contributed by atoms with Gasteiger partial charge in [-0.2, -0.15) is 0 Å². The van der Waals surface area contributed by atoms with Crippen molar-refractivity contribution in [3.05, 3.63) is 12.7 Å². The summed E-state index contributed by atoms with van der Waals surface area (Å²) in [7, 11) is 3.73. The van der Waals surface area contributed by atoms with Crippen molar-refractivity contribution in [2.45, 2.75) is 19.6 Å². The third kappa shape index (κ3) is 5.16. The molecule has 1 unspecified atom stereocenters. The molecule has 0 radical (unpaired) electrons. The molecule has 0 saturated heterocycles. The number of rotatable bonds is 4. The number of carbonyl (C=O) groups is 1. The Morgan fingerprint density at radius 2 is 2.17 bits per heavy atom. The van der Waals surface area contributed by atoms with Crippen LogP contribution in [-0.2, 0) is 9.53 Å². The van der Waals surface area contributed by atoms with Crippen molar-refractivity contribution in [3.8, 4) is 0 Å². The lowest BCUT2D eigenvalue weighted by atomic mass is 10.4. The summed E-state index contributed by atoms with van der Waals surface area (Å²) >= 11 is 0. The highest BCUT2D eigenvalue weighted by Gasteiger charge is 2.11. The van der Waals surface area contributed by atoms with Gasteiger partial charge in [-0.25, -0.2) is 4.79 Å². The molecule has 1 atom stereocenters. The van der Waals surface area contributed by atoms with Gasteiger partial charge in [0.2, 0.25) is 0 Å². The quantitative estimate of drug-likeness (QED) is 0.385. The van der Waals surface area contributed by atoms with Gasteiger partial charge in [0.1, 0.15) is 0 Å². The SMILES string of the molecule is C=CC(=O)OC(CC)N(C)C.Cl. The van der Waals surface area contributed by atoms with Crippen molar-refractivity contribution in [1.29, 1.82) is 0 Å². The van der Waals surface area contributed by atoms with Gasteiger partial charge in [0.25, 0.3) is 0 Å². The van der Waals surface area contributed by atoms with Crippen LogP contribution in [-0.4, -0.2) is 31.2 Å². The highest BCUT2D eigenvalue weighted by atomic mass is 35.5. The van der Waals surface area contributed by atoms with Crippen LogP contribution in [0.25, 0.3) is 0 Å². The molecule has 0 saturated carbocycles. The molecule has 0 rings (SSSR count). The van der Waals surface area contributed by atoms with Crippen molar-refractivity contribution in [3.63, 3.8) is 0 Å². The van der Waals surface area contributed by atoms with E-state index in [-0.39, 0.29) is 24.6 Å². The van der Waals surface area contributed by atoms with Crippen molar-refractivity contribution < 1.29 is 9.53 Å². The first-order valence-corrected chi connectivity index (χ1v) is 3.61. The Hall–Kier alpha value is -0.540. The molecule has 3 nitrogen and oxygen atoms in total. The largest absolute Gasteiger partial charge is 0.443 e. The predicted molar refractivity (Wildman–Crippen MR) is 51.3 cm³/mol. The van der Waals surface area contributed by atoms with E-state index in [0.29, 0.717) is 0 Å². The maximum absolute atomic E-state index is 10.7. The van der Waals surface area contributed by atoms with E-state index in [1.807, 2.05) is 25.9 Å². The Labute approximate surface area is 79.8 Å². The number of esters is 1. The van der Waals surface area contributed by atoms with Gasteiger partial charge in [-0.05, 0) is 20.5 Å². The molecular formula is C8H16ClNO2. The molecule has 0 bridgehead atoms. The number of hydrogen-bond acceptors (Lipinski definition) is 3. The van der Waals surface area contributed by atoms with Crippen molar-refractivity contribution in [2.75, 3.05) is 14.1 Å². The minimum absolute atomic E-state index is 0. The van der Waals surface area contributed by atoms with E-state index >= 15 is 0 Å². The second kappa shape index (κ2) is 7.13. The van der Waals surface area contributed by atoms with E-state index < -0.39 is 0 Å². The number of hydrogen-bond donors (Lipinski definition) is 0. The molecule has 12 heavy (non-hydrogen) atoms. The van der Waals surface area contributed by atoms with E-state index in [4.69, 9.17) is 4.74 Å². The zero-order valence-corrected chi connectivity index (χ0v) is 8.56. The van der Waals surface area contributed by atoms with Crippen LogP contribution in [0.4, 0.5) is 0 Å². The molecule has 0 aromatic carbocycles. The molecule has 0 fully saturated rings. The van der Waals surface area contributed by atoms with Crippen LogP contribution in [0.5, 0.6) is 0 Å². The Kier molecular flexibility index (Phi) is 8.32. The molecule has 0 amide bonds. The van der Waals surface area contributed by atoms with Crippen LogP contribution < -0.4 is 0 Å². The minimum atomic E-state index is -0.370. The van der Waals surface area contributed by atoms with E-state index in [0.717, 1.165) is 6.42 Å². The summed E-state index contributed by atoms with van der Waals surface area (Å²) in [5.74, 6) is -0.370. The monoisotopic (exact) mass is 193 g/mol. The minimum Gasteiger partial charge on any atom is -0.443 e. The molecule has 0 aliphatic rings. The lowest BCUT2D eigenvalue weighted by Crippen LogP contribution is -2.31. The summed E-state index contributed by atoms with van der Waals surface area (Å²) in [6, 6.07) is 0. The summed E-state index contributed by atoms with van der Waals surface area (Å²) in [4.78, 5) is 12.6. The molecule has 0 aliphatic heterocycles. The Morgan fingerprint density at radius 1 is 1.67 bits per heavy atom.